The van der Waals surface area contributed by atoms with Crippen LogP contribution in [0, 0.1) is 0 Å². The highest BCUT2D eigenvalue weighted by molar-refractivity contribution is 5.89. The molecule has 0 aromatic carbocycles. The lowest BCUT2D eigenvalue weighted by molar-refractivity contribution is -0.137. The summed E-state index contributed by atoms with van der Waals surface area (Å²) in [5, 5.41) is 0. The molecule has 0 aromatic rings. The second-order valence-electron chi connectivity index (χ2n) is 6.07. The molecule has 3 heteroatoms. The van der Waals surface area contributed by atoms with Crippen LogP contribution in [0.2, 0.25) is 0 Å². The zero-order valence-electron chi connectivity index (χ0n) is 13.3. The predicted octanol–water partition coefficient (Wildman–Crippen LogP) is 4.40. The van der Waals surface area contributed by atoms with E-state index in [0.717, 1.165) is 12.8 Å². The Balaban J connectivity index is 2.03. The Labute approximate surface area is 123 Å². The quantitative estimate of drug-likeness (QED) is 0.440. The van der Waals surface area contributed by atoms with Crippen molar-refractivity contribution in [3.8, 4) is 0 Å². The molecule has 1 unspecified atom stereocenters. The van der Waals surface area contributed by atoms with Crippen LogP contribution in [0.5, 0.6) is 0 Å². The summed E-state index contributed by atoms with van der Waals surface area (Å²) in [5.41, 5.74) is 0. The first-order valence-electron chi connectivity index (χ1n) is 8.04. The van der Waals surface area contributed by atoms with Crippen LogP contribution in [0.3, 0.4) is 0 Å². The van der Waals surface area contributed by atoms with Crippen molar-refractivity contribution >= 4 is 5.78 Å². The second kappa shape index (κ2) is 9.30. The maximum Gasteiger partial charge on any atom is 0.163 e. The fourth-order valence-electron chi connectivity index (χ4n) is 2.39. The number of ketones is 1. The molecule has 3 nitrogen and oxygen atoms in total. The monoisotopic (exact) mass is 282 g/mol. The van der Waals surface area contributed by atoms with Gasteiger partial charge in [0.1, 0.15) is 0 Å². The lowest BCUT2D eigenvalue weighted by atomic mass is 10.1. The third kappa shape index (κ3) is 7.81. The van der Waals surface area contributed by atoms with Gasteiger partial charge in [0.05, 0.1) is 12.7 Å². The van der Waals surface area contributed by atoms with E-state index in [4.69, 9.17) is 9.47 Å². The Kier molecular flexibility index (Phi) is 8.08. The fourth-order valence-corrected chi connectivity index (χ4v) is 2.39. The Hall–Kier alpha value is -0.670. The molecule has 116 valence electrons. The molecule has 1 aliphatic heterocycles. The van der Waals surface area contributed by atoms with Crippen molar-refractivity contribution < 1.29 is 14.3 Å². The van der Waals surface area contributed by atoms with E-state index in [1.54, 1.807) is 6.08 Å². The zero-order valence-corrected chi connectivity index (χ0v) is 13.3. The molecule has 0 aromatic heterocycles. The number of allylic oxidation sites excluding steroid dienone is 1. The number of hydrogen-bond acceptors (Lipinski definition) is 3. The number of ether oxygens (including phenoxy) is 2. The summed E-state index contributed by atoms with van der Waals surface area (Å²) in [6.07, 6.45) is 12.5. The van der Waals surface area contributed by atoms with Crippen LogP contribution >= 0.6 is 0 Å². The van der Waals surface area contributed by atoms with Crippen LogP contribution in [0.25, 0.3) is 0 Å². The molecule has 1 fully saturated rings. The molecule has 0 N–H and O–H groups in total. The molecule has 1 rings (SSSR count). The van der Waals surface area contributed by atoms with Crippen LogP contribution in [0.1, 0.15) is 72.1 Å². The van der Waals surface area contributed by atoms with Crippen LogP contribution in [-0.2, 0) is 14.3 Å². The summed E-state index contributed by atoms with van der Waals surface area (Å²) < 4.78 is 11.2. The maximum absolute atomic E-state index is 11.7. The van der Waals surface area contributed by atoms with Gasteiger partial charge >= 0.3 is 0 Å². The van der Waals surface area contributed by atoms with Gasteiger partial charge in [0.25, 0.3) is 0 Å². The molecule has 1 heterocycles. The van der Waals surface area contributed by atoms with Gasteiger partial charge in [0.15, 0.2) is 11.6 Å². The Morgan fingerprint density at radius 1 is 1.20 bits per heavy atom. The van der Waals surface area contributed by atoms with Crippen LogP contribution in [0.15, 0.2) is 12.2 Å². The van der Waals surface area contributed by atoms with Gasteiger partial charge in [-0.25, -0.2) is 0 Å². The molecule has 0 spiro atoms. The van der Waals surface area contributed by atoms with E-state index in [-0.39, 0.29) is 11.9 Å². The maximum atomic E-state index is 11.7. The van der Waals surface area contributed by atoms with Gasteiger partial charge in [-0.1, -0.05) is 45.1 Å². The fraction of sp³-hybridized carbons (Fsp3) is 0.824. The smallest absolute Gasteiger partial charge is 0.163 e. The van der Waals surface area contributed by atoms with Crippen molar-refractivity contribution in [3.63, 3.8) is 0 Å². The van der Waals surface area contributed by atoms with E-state index in [0.29, 0.717) is 13.0 Å². The average Bonchev–Trinajstić information content (AvgIpc) is 2.73. The van der Waals surface area contributed by atoms with E-state index in [1.807, 2.05) is 19.9 Å². The standard InChI is InChI=1S/C17H30O3/c1-4-5-6-7-8-9-11-15(18)12-10-13-16-14-19-17(2,3)20-16/h10,12,16H,4-9,11,13-14H2,1-3H3. The molecular weight excluding hydrogens is 252 g/mol. The van der Waals surface area contributed by atoms with Gasteiger partial charge < -0.3 is 9.47 Å². The molecular formula is C17H30O3. The first kappa shape index (κ1) is 17.4. The minimum Gasteiger partial charge on any atom is -0.348 e. The third-order valence-corrected chi connectivity index (χ3v) is 3.55. The highest BCUT2D eigenvalue weighted by Crippen LogP contribution is 2.24. The van der Waals surface area contributed by atoms with Gasteiger partial charge in [-0.3, -0.25) is 4.79 Å². The first-order chi connectivity index (χ1) is 9.53. The molecule has 1 saturated heterocycles. The summed E-state index contributed by atoms with van der Waals surface area (Å²) in [6.45, 7) is 6.66. The zero-order chi connectivity index (χ0) is 14.8. The molecule has 0 amide bonds. The van der Waals surface area contributed by atoms with E-state index in [2.05, 4.69) is 6.92 Å². The minimum atomic E-state index is -0.471. The Bertz CT molecular complexity index is 307. The van der Waals surface area contributed by atoms with Crippen LogP contribution in [-0.4, -0.2) is 24.3 Å². The first-order valence-corrected chi connectivity index (χ1v) is 8.04. The van der Waals surface area contributed by atoms with Crippen molar-refractivity contribution in [2.75, 3.05) is 6.61 Å². The topological polar surface area (TPSA) is 35.5 Å². The number of unbranched alkanes of at least 4 members (excludes halogenated alkanes) is 5. The molecule has 0 radical (unpaired) electrons. The third-order valence-electron chi connectivity index (χ3n) is 3.55. The van der Waals surface area contributed by atoms with Gasteiger partial charge in [-0.05, 0) is 32.8 Å². The van der Waals surface area contributed by atoms with Gasteiger partial charge in [-0.2, -0.15) is 0 Å². The summed E-state index contributed by atoms with van der Waals surface area (Å²) >= 11 is 0. The SMILES string of the molecule is CCCCCCCCC(=O)C=CCC1COC(C)(C)O1. The lowest BCUT2D eigenvalue weighted by Gasteiger charge is -2.16. The normalized spacial score (nSPS) is 21.6. The summed E-state index contributed by atoms with van der Waals surface area (Å²) in [7, 11) is 0. The van der Waals surface area contributed by atoms with Crippen LogP contribution in [0.4, 0.5) is 0 Å². The molecule has 0 saturated carbocycles. The summed E-state index contributed by atoms with van der Waals surface area (Å²) in [4.78, 5) is 11.7. The van der Waals surface area contributed by atoms with E-state index in [1.165, 1.54) is 32.1 Å². The van der Waals surface area contributed by atoms with Gasteiger partial charge in [0.2, 0.25) is 0 Å². The largest absolute Gasteiger partial charge is 0.348 e. The van der Waals surface area contributed by atoms with E-state index < -0.39 is 5.79 Å². The average molecular weight is 282 g/mol. The molecule has 0 aliphatic carbocycles. The highest BCUT2D eigenvalue weighted by atomic mass is 16.7. The Morgan fingerprint density at radius 2 is 1.90 bits per heavy atom. The molecule has 1 atom stereocenters. The molecule has 20 heavy (non-hydrogen) atoms. The van der Waals surface area contributed by atoms with Crippen molar-refractivity contribution in [2.45, 2.75) is 84.0 Å². The van der Waals surface area contributed by atoms with Crippen molar-refractivity contribution in [3.05, 3.63) is 12.2 Å². The number of carbonyl (C=O) groups excluding carboxylic acids is 1. The van der Waals surface area contributed by atoms with Crippen molar-refractivity contribution in [1.82, 2.24) is 0 Å². The van der Waals surface area contributed by atoms with Gasteiger partial charge in [0, 0.05) is 6.42 Å². The lowest BCUT2D eigenvalue weighted by Crippen LogP contribution is -2.21. The van der Waals surface area contributed by atoms with Crippen LogP contribution < -0.4 is 0 Å². The van der Waals surface area contributed by atoms with E-state index >= 15 is 0 Å². The Morgan fingerprint density at radius 3 is 2.55 bits per heavy atom. The highest BCUT2D eigenvalue weighted by Gasteiger charge is 2.31. The van der Waals surface area contributed by atoms with Crippen molar-refractivity contribution in [2.24, 2.45) is 0 Å². The molecule has 1 aliphatic rings. The summed E-state index contributed by atoms with van der Waals surface area (Å²) in [5.74, 6) is -0.236. The second-order valence-corrected chi connectivity index (χ2v) is 6.07. The molecule has 0 bridgehead atoms. The van der Waals surface area contributed by atoms with E-state index in [9.17, 15) is 4.79 Å². The number of hydrogen-bond donors (Lipinski definition) is 0. The predicted molar refractivity (Wildman–Crippen MR) is 81.7 cm³/mol. The van der Waals surface area contributed by atoms with Gasteiger partial charge in [-0.15, -0.1) is 0 Å². The summed E-state index contributed by atoms with van der Waals surface area (Å²) in [6, 6.07) is 0. The number of carbonyl (C=O) groups is 1. The van der Waals surface area contributed by atoms with Crippen molar-refractivity contribution in [1.29, 1.82) is 0 Å². The number of rotatable bonds is 10. The minimum absolute atomic E-state index is 0.0862.